The molecule has 5 nitrogen and oxygen atoms in total. The van der Waals surface area contributed by atoms with Gasteiger partial charge in [0, 0.05) is 45.3 Å². The van der Waals surface area contributed by atoms with Crippen molar-refractivity contribution < 1.29 is 0 Å². The van der Waals surface area contributed by atoms with Crippen molar-refractivity contribution in [1.29, 1.82) is 0 Å². The molecule has 0 spiro atoms. The van der Waals surface area contributed by atoms with Crippen molar-refractivity contribution in [3.63, 3.8) is 0 Å². The molecule has 3 atom stereocenters. The molecule has 0 aromatic heterocycles. The molecule has 0 bridgehead atoms. The van der Waals surface area contributed by atoms with Gasteiger partial charge in [0.2, 0.25) is 0 Å². The van der Waals surface area contributed by atoms with Crippen LogP contribution in [0.4, 0.5) is 0 Å². The molecule has 3 unspecified atom stereocenters. The maximum atomic E-state index is 4.46. The third-order valence-electron chi connectivity index (χ3n) is 6.19. The smallest absolute Gasteiger partial charge is 0.191 e. The van der Waals surface area contributed by atoms with Crippen LogP contribution in [0.5, 0.6) is 0 Å². The molecule has 2 aliphatic rings. The van der Waals surface area contributed by atoms with Gasteiger partial charge >= 0.3 is 0 Å². The first-order valence-electron chi connectivity index (χ1n) is 11.1. The van der Waals surface area contributed by atoms with Crippen molar-refractivity contribution in [3.05, 3.63) is 35.9 Å². The summed E-state index contributed by atoms with van der Waals surface area (Å²) in [6.45, 7) is 11.6. The first kappa shape index (κ1) is 21.1. The van der Waals surface area contributed by atoms with Crippen LogP contribution in [0.1, 0.15) is 45.1 Å². The van der Waals surface area contributed by atoms with E-state index < -0.39 is 0 Å². The lowest BCUT2D eigenvalue weighted by molar-refractivity contribution is 0.134. The molecule has 5 heteroatoms. The predicted octanol–water partition coefficient (Wildman–Crippen LogP) is 2.94. The van der Waals surface area contributed by atoms with Gasteiger partial charge in [-0.25, -0.2) is 0 Å². The van der Waals surface area contributed by atoms with Crippen molar-refractivity contribution in [3.8, 4) is 0 Å². The average molecular weight is 386 g/mol. The summed E-state index contributed by atoms with van der Waals surface area (Å²) in [6, 6.07) is 11.9. The number of rotatable bonds is 7. The summed E-state index contributed by atoms with van der Waals surface area (Å²) in [7, 11) is 1.88. The van der Waals surface area contributed by atoms with E-state index in [9.17, 15) is 0 Å². The van der Waals surface area contributed by atoms with Gasteiger partial charge in [-0.05, 0) is 57.2 Å². The van der Waals surface area contributed by atoms with Crippen molar-refractivity contribution in [1.82, 2.24) is 20.4 Å². The van der Waals surface area contributed by atoms with E-state index in [1.54, 1.807) is 0 Å². The summed E-state index contributed by atoms with van der Waals surface area (Å²) in [6.07, 6.45) is 5.06. The third-order valence-corrected chi connectivity index (χ3v) is 6.19. The minimum Gasteiger partial charge on any atom is -0.356 e. The molecular formula is C23H39N5. The number of guanidine groups is 1. The first-order chi connectivity index (χ1) is 13.6. The highest BCUT2D eigenvalue weighted by Crippen LogP contribution is 2.20. The molecule has 2 fully saturated rings. The number of nitrogens with zero attached hydrogens (tertiary/aromatic N) is 3. The van der Waals surface area contributed by atoms with Gasteiger partial charge in [0.25, 0.3) is 0 Å². The second-order valence-electron chi connectivity index (χ2n) is 8.74. The SMILES string of the molecule is CN=C(NCC(C)CN1CCCC1)NC1CCN(Cc2ccccc2)C(C)C1. The molecule has 0 radical (unpaired) electrons. The highest BCUT2D eigenvalue weighted by molar-refractivity contribution is 5.79. The van der Waals surface area contributed by atoms with Crippen LogP contribution in [0.25, 0.3) is 0 Å². The maximum Gasteiger partial charge on any atom is 0.191 e. The van der Waals surface area contributed by atoms with Crippen molar-refractivity contribution in [2.45, 2.75) is 58.2 Å². The molecule has 3 rings (SSSR count). The molecule has 0 aliphatic carbocycles. The Morgan fingerprint density at radius 2 is 1.93 bits per heavy atom. The van der Waals surface area contributed by atoms with E-state index in [0.717, 1.165) is 32.0 Å². The monoisotopic (exact) mass is 385 g/mol. The number of hydrogen-bond donors (Lipinski definition) is 2. The van der Waals surface area contributed by atoms with E-state index in [0.29, 0.717) is 18.0 Å². The van der Waals surface area contributed by atoms with Crippen molar-refractivity contribution >= 4 is 5.96 Å². The van der Waals surface area contributed by atoms with Gasteiger partial charge in [-0.2, -0.15) is 0 Å². The van der Waals surface area contributed by atoms with Crippen LogP contribution in [0.15, 0.2) is 35.3 Å². The molecule has 2 heterocycles. The van der Waals surface area contributed by atoms with Gasteiger partial charge in [0.15, 0.2) is 5.96 Å². The molecule has 28 heavy (non-hydrogen) atoms. The second-order valence-corrected chi connectivity index (χ2v) is 8.74. The van der Waals surface area contributed by atoms with E-state index in [1.807, 2.05) is 7.05 Å². The normalized spacial score (nSPS) is 25.6. The van der Waals surface area contributed by atoms with Crippen LogP contribution >= 0.6 is 0 Å². The van der Waals surface area contributed by atoms with Gasteiger partial charge in [-0.3, -0.25) is 9.89 Å². The largest absolute Gasteiger partial charge is 0.356 e. The van der Waals surface area contributed by atoms with Gasteiger partial charge in [-0.1, -0.05) is 37.3 Å². The Balaban J connectivity index is 1.39. The third kappa shape index (κ3) is 6.49. The molecule has 2 saturated heterocycles. The number of benzene rings is 1. The van der Waals surface area contributed by atoms with Crippen LogP contribution in [0, 0.1) is 5.92 Å². The Labute approximate surface area is 171 Å². The van der Waals surface area contributed by atoms with Gasteiger partial charge in [0.05, 0.1) is 0 Å². The fourth-order valence-electron chi connectivity index (χ4n) is 4.53. The summed E-state index contributed by atoms with van der Waals surface area (Å²) >= 11 is 0. The Bertz CT molecular complexity index is 596. The molecule has 1 aromatic carbocycles. The van der Waals surface area contributed by atoms with Crippen LogP contribution in [0.2, 0.25) is 0 Å². The van der Waals surface area contributed by atoms with Crippen molar-refractivity contribution in [2.75, 3.05) is 39.8 Å². The lowest BCUT2D eigenvalue weighted by atomic mass is 9.97. The molecule has 156 valence electrons. The first-order valence-corrected chi connectivity index (χ1v) is 11.1. The minimum atomic E-state index is 0.502. The zero-order chi connectivity index (χ0) is 19.8. The summed E-state index contributed by atoms with van der Waals surface area (Å²) in [5.41, 5.74) is 1.41. The van der Waals surface area contributed by atoms with Crippen molar-refractivity contribution in [2.24, 2.45) is 10.9 Å². The van der Waals surface area contributed by atoms with Gasteiger partial charge in [-0.15, -0.1) is 0 Å². The second kappa shape index (κ2) is 10.8. The Morgan fingerprint density at radius 1 is 1.18 bits per heavy atom. The quantitative estimate of drug-likeness (QED) is 0.559. The van der Waals surface area contributed by atoms with E-state index in [1.165, 1.54) is 44.5 Å². The average Bonchev–Trinajstić information content (AvgIpc) is 3.21. The van der Waals surface area contributed by atoms with Crippen LogP contribution in [-0.2, 0) is 6.54 Å². The molecule has 1 aromatic rings. The number of likely N-dealkylation sites (tertiary alicyclic amines) is 2. The Hall–Kier alpha value is -1.59. The van der Waals surface area contributed by atoms with Crippen LogP contribution < -0.4 is 10.6 Å². The number of nitrogens with one attached hydrogen (secondary N) is 2. The number of aliphatic imine (C=N–C) groups is 1. The highest BCUT2D eigenvalue weighted by atomic mass is 15.2. The van der Waals surface area contributed by atoms with E-state index in [2.05, 4.69) is 69.6 Å². The van der Waals surface area contributed by atoms with Crippen LogP contribution in [0.3, 0.4) is 0 Å². The molecule has 2 aliphatic heterocycles. The fraction of sp³-hybridized carbons (Fsp3) is 0.696. The van der Waals surface area contributed by atoms with Crippen LogP contribution in [-0.4, -0.2) is 67.6 Å². The zero-order valence-corrected chi connectivity index (χ0v) is 18.0. The van der Waals surface area contributed by atoms with Gasteiger partial charge < -0.3 is 15.5 Å². The summed E-state index contributed by atoms with van der Waals surface area (Å²) in [5.74, 6) is 1.60. The topological polar surface area (TPSA) is 42.9 Å². The standard InChI is InChI=1S/C23H39N5/c1-19(17-27-12-7-8-13-27)16-25-23(24-3)26-22-11-14-28(20(2)15-22)18-21-9-5-4-6-10-21/h4-6,9-10,19-20,22H,7-8,11-18H2,1-3H3,(H2,24,25,26). The minimum absolute atomic E-state index is 0.502. The summed E-state index contributed by atoms with van der Waals surface area (Å²) < 4.78 is 0. The lowest BCUT2D eigenvalue weighted by Crippen LogP contribution is -2.51. The predicted molar refractivity (Wildman–Crippen MR) is 119 cm³/mol. The summed E-state index contributed by atoms with van der Waals surface area (Å²) in [5, 5.41) is 7.22. The lowest BCUT2D eigenvalue weighted by Gasteiger charge is -2.38. The molecule has 0 amide bonds. The maximum absolute atomic E-state index is 4.46. The highest BCUT2D eigenvalue weighted by Gasteiger charge is 2.26. The zero-order valence-electron chi connectivity index (χ0n) is 18.0. The molecule has 0 saturated carbocycles. The Morgan fingerprint density at radius 3 is 2.61 bits per heavy atom. The summed E-state index contributed by atoms with van der Waals surface area (Å²) in [4.78, 5) is 9.65. The number of piperidine rings is 1. The molecule has 2 N–H and O–H groups in total. The number of hydrogen-bond acceptors (Lipinski definition) is 3. The van der Waals surface area contributed by atoms with E-state index in [4.69, 9.17) is 0 Å². The fourth-order valence-corrected chi connectivity index (χ4v) is 4.53. The molecular weight excluding hydrogens is 346 g/mol. The van der Waals surface area contributed by atoms with Gasteiger partial charge in [0.1, 0.15) is 0 Å². The van der Waals surface area contributed by atoms with E-state index >= 15 is 0 Å². The van der Waals surface area contributed by atoms with E-state index in [-0.39, 0.29) is 0 Å². The Kier molecular flexibility index (Phi) is 8.16.